The largest absolute Gasteiger partial charge is 0.362 e. The van der Waals surface area contributed by atoms with E-state index in [0.717, 1.165) is 12.8 Å². The summed E-state index contributed by atoms with van der Waals surface area (Å²) < 4.78 is 5.40. The van der Waals surface area contributed by atoms with Crippen LogP contribution in [0.4, 0.5) is 0 Å². The second-order valence-corrected chi connectivity index (χ2v) is 4.36. The van der Waals surface area contributed by atoms with Crippen molar-refractivity contribution < 1.29 is 4.74 Å². The van der Waals surface area contributed by atoms with Crippen LogP contribution >= 0.6 is 0 Å². The summed E-state index contributed by atoms with van der Waals surface area (Å²) in [7, 11) is 0. The third kappa shape index (κ3) is 3.65. The molecule has 14 heavy (non-hydrogen) atoms. The molecule has 1 fully saturated rings. The van der Waals surface area contributed by atoms with Crippen LogP contribution in [0.5, 0.6) is 0 Å². The van der Waals surface area contributed by atoms with Gasteiger partial charge in [0.15, 0.2) is 0 Å². The van der Waals surface area contributed by atoms with Crippen LogP contribution in [0.2, 0.25) is 0 Å². The summed E-state index contributed by atoms with van der Waals surface area (Å²) in [6.45, 7) is 2.29. The Bertz CT molecular complexity index is 202. The molecule has 0 heterocycles. The van der Waals surface area contributed by atoms with Gasteiger partial charge >= 0.3 is 0 Å². The van der Waals surface area contributed by atoms with Crippen LogP contribution in [-0.2, 0) is 4.74 Å². The zero-order valence-electron chi connectivity index (χ0n) is 8.96. The smallest absolute Gasteiger partial charge is 0.141 e. The van der Waals surface area contributed by atoms with Gasteiger partial charge in [0, 0.05) is 5.54 Å². The van der Waals surface area contributed by atoms with Gasteiger partial charge < -0.3 is 10.5 Å². The van der Waals surface area contributed by atoms with Gasteiger partial charge in [0.1, 0.15) is 6.10 Å². The summed E-state index contributed by atoms with van der Waals surface area (Å²) >= 11 is 0. The van der Waals surface area contributed by atoms with E-state index >= 15 is 0 Å². The van der Waals surface area contributed by atoms with Crippen molar-refractivity contribution >= 4 is 0 Å². The van der Waals surface area contributed by atoms with E-state index < -0.39 is 0 Å². The highest BCUT2D eigenvalue weighted by molar-refractivity contribution is 4.88. The topological polar surface area (TPSA) is 59.0 Å². The lowest BCUT2D eigenvalue weighted by Gasteiger charge is -2.28. The summed E-state index contributed by atoms with van der Waals surface area (Å²) in [5, 5.41) is 8.59. The Morgan fingerprint density at radius 1 is 1.36 bits per heavy atom. The van der Waals surface area contributed by atoms with E-state index in [4.69, 9.17) is 15.7 Å². The molecule has 1 rings (SSSR count). The molecule has 3 nitrogen and oxygen atoms in total. The Balaban J connectivity index is 2.36. The molecular formula is C11H20N2O. The first-order valence-electron chi connectivity index (χ1n) is 5.46. The van der Waals surface area contributed by atoms with Gasteiger partial charge in [-0.05, 0) is 19.8 Å². The van der Waals surface area contributed by atoms with Gasteiger partial charge in [-0.25, -0.2) is 0 Å². The summed E-state index contributed by atoms with van der Waals surface area (Å²) in [5.74, 6) is 0. The first kappa shape index (κ1) is 11.5. The second kappa shape index (κ2) is 5.33. The van der Waals surface area contributed by atoms with Gasteiger partial charge in [-0.1, -0.05) is 25.7 Å². The predicted molar refractivity (Wildman–Crippen MR) is 55.6 cm³/mol. The minimum Gasteiger partial charge on any atom is -0.362 e. The molecule has 1 saturated carbocycles. The van der Waals surface area contributed by atoms with Gasteiger partial charge in [-0.3, -0.25) is 0 Å². The maximum Gasteiger partial charge on any atom is 0.141 e. The van der Waals surface area contributed by atoms with Crippen LogP contribution in [-0.4, -0.2) is 18.2 Å². The second-order valence-electron chi connectivity index (χ2n) is 4.36. The monoisotopic (exact) mass is 196 g/mol. The van der Waals surface area contributed by atoms with Crippen LogP contribution in [0.25, 0.3) is 0 Å². The number of ether oxygens (including phenoxy) is 1. The van der Waals surface area contributed by atoms with E-state index in [2.05, 4.69) is 6.07 Å². The third-order valence-electron chi connectivity index (χ3n) is 2.90. The van der Waals surface area contributed by atoms with E-state index in [-0.39, 0.29) is 11.6 Å². The van der Waals surface area contributed by atoms with Crippen molar-refractivity contribution in [3.63, 3.8) is 0 Å². The summed E-state index contributed by atoms with van der Waals surface area (Å²) in [6, 6.07) is 2.06. The van der Waals surface area contributed by atoms with Gasteiger partial charge in [-0.15, -0.1) is 0 Å². The SMILES string of the molecule is CC(C#N)OCC1(N)CCCCCC1. The Morgan fingerprint density at radius 2 is 1.93 bits per heavy atom. The normalized spacial score (nSPS) is 23.5. The molecule has 1 unspecified atom stereocenters. The van der Waals surface area contributed by atoms with Gasteiger partial charge in [0.25, 0.3) is 0 Å². The molecule has 0 aromatic heterocycles. The summed E-state index contributed by atoms with van der Waals surface area (Å²) in [4.78, 5) is 0. The third-order valence-corrected chi connectivity index (χ3v) is 2.90. The molecule has 0 radical (unpaired) electrons. The molecule has 1 atom stereocenters. The molecule has 0 amide bonds. The molecule has 1 aliphatic rings. The van der Waals surface area contributed by atoms with E-state index in [1.165, 1.54) is 25.7 Å². The highest BCUT2D eigenvalue weighted by atomic mass is 16.5. The van der Waals surface area contributed by atoms with Crippen molar-refractivity contribution in [3.8, 4) is 6.07 Å². The van der Waals surface area contributed by atoms with Crippen molar-refractivity contribution in [2.24, 2.45) is 5.73 Å². The first-order valence-corrected chi connectivity index (χ1v) is 5.46. The fourth-order valence-corrected chi connectivity index (χ4v) is 1.91. The standard InChI is InChI=1S/C11H20N2O/c1-10(8-12)14-9-11(13)6-4-2-3-5-7-11/h10H,2-7,9,13H2,1H3. The van der Waals surface area contributed by atoms with E-state index in [9.17, 15) is 0 Å². The molecule has 1 aliphatic carbocycles. The Hall–Kier alpha value is -0.590. The molecule has 3 heteroatoms. The molecule has 0 aromatic rings. The van der Waals surface area contributed by atoms with Crippen LogP contribution in [0, 0.1) is 11.3 Å². The number of rotatable bonds is 3. The Morgan fingerprint density at radius 3 is 2.43 bits per heavy atom. The molecule has 0 aromatic carbocycles. The van der Waals surface area contributed by atoms with Crippen molar-refractivity contribution in [3.05, 3.63) is 0 Å². The van der Waals surface area contributed by atoms with Crippen molar-refractivity contribution in [1.29, 1.82) is 5.26 Å². The highest BCUT2D eigenvalue weighted by Gasteiger charge is 2.26. The lowest BCUT2D eigenvalue weighted by Crippen LogP contribution is -2.44. The lowest BCUT2D eigenvalue weighted by atomic mass is 9.92. The van der Waals surface area contributed by atoms with Gasteiger partial charge in [0.2, 0.25) is 0 Å². The maximum atomic E-state index is 8.59. The maximum absolute atomic E-state index is 8.59. The predicted octanol–water partition coefficient (Wildman–Crippen LogP) is 1.97. The Kier molecular flexibility index (Phi) is 4.37. The fraction of sp³-hybridized carbons (Fsp3) is 0.909. The van der Waals surface area contributed by atoms with Crippen molar-refractivity contribution in [1.82, 2.24) is 0 Å². The van der Waals surface area contributed by atoms with Gasteiger partial charge in [-0.2, -0.15) is 5.26 Å². The molecule has 0 spiro atoms. The average molecular weight is 196 g/mol. The molecule has 2 N–H and O–H groups in total. The highest BCUT2D eigenvalue weighted by Crippen LogP contribution is 2.25. The number of hydrogen-bond donors (Lipinski definition) is 1. The van der Waals surface area contributed by atoms with Crippen LogP contribution in [0.1, 0.15) is 45.4 Å². The average Bonchev–Trinajstić information content (AvgIpc) is 2.40. The van der Waals surface area contributed by atoms with Crippen molar-refractivity contribution in [2.75, 3.05) is 6.61 Å². The van der Waals surface area contributed by atoms with Crippen LogP contribution in [0.15, 0.2) is 0 Å². The van der Waals surface area contributed by atoms with Crippen molar-refractivity contribution in [2.45, 2.75) is 57.1 Å². The number of nitrogens with zero attached hydrogens (tertiary/aromatic N) is 1. The number of hydrogen-bond acceptors (Lipinski definition) is 3. The van der Waals surface area contributed by atoms with E-state index in [1.54, 1.807) is 6.92 Å². The minimum absolute atomic E-state index is 0.179. The molecule has 0 bridgehead atoms. The quantitative estimate of drug-likeness (QED) is 0.702. The summed E-state index contributed by atoms with van der Waals surface area (Å²) in [5.41, 5.74) is 6.05. The first-order chi connectivity index (χ1) is 6.66. The lowest BCUT2D eigenvalue weighted by molar-refractivity contribution is 0.0531. The number of nitrogens with two attached hydrogens (primary N) is 1. The van der Waals surface area contributed by atoms with E-state index in [1.807, 2.05) is 0 Å². The Labute approximate surface area is 86.2 Å². The molecule has 0 saturated heterocycles. The zero-order valence-corrected chi connectivity index (χ0v) is 8.96. The zero-order chi connectivity index (χ0) is 10.4. The minimum atomic E-state index is -0.335. The summed E-state index contributed by atoms with van der Waals surface area (Å²) in [6.07, 6.45) is 6.69. The molecule has 0 aliphatic heterocycles. The fourth-order valence-electron chi connectivity index (χ4n) is 1.91. The van der Waals surface area contributed by atoms with Crippen LogP contribution in [0.3, 0.4) is 0 Å². The van der Waals surface area contributed by atoms with Gasteiger partial charge in [0.05, 0.1) is 12.7 Å². The van der Waals surface area contributed by atoms with E-state index in [0.29, 0.717) is 6.61 Å². The molecular weight excluding hydrogens is 176 g/mol. The molecule has 80 valence electrons. The van der Waals surface area contributed by atoms with Crippen LogP contribution < -0.4 is 5.73 Å². The number of nitriles is 1.